The van der Waals surface area contributed by atoms with E-state index in [0.717, 1.165) is 5.56 Å². The molecular weight excluding hydrogens is 276 g/mol. The monoisotopic (exact) mass is 300 g/mol. The van der Waals surface area contributed by atoms with Gasteiger partial charge in [-0.25, -0.2) is 12.7 Å². The quantitative estimate of drug-likeness (QED) is 0.820. The number of rotatable bonds is 7. The molecule has 1 rings (SSSR count). The number of sulfonamides is 1. The van der Waals surface area contributed by atoms with Gasteiger partial charge in [-0.3, -0.25) is 4.90 Å². The zero-order valence-electron chi connectivity index (χ0n) is 12.6. The van der Waals surface area contributed by atoms with Gasteiger partial charge in [-0.2, -0.15) is 0 Å². The van der Waals surface area contributed by atoms with Crippen LogP contribution < -0.4 is 0 Å². The Kier molecular flexibility index (Phi) is 6.13. The van der Waals surface area contributed by atoms with E-state index in [1.165, 1.54) is 18.4 Å². The Morgan fingerprint density at radius 1 is 1.25 bits per heavy atom. The third kappa shape index (κ3) is 4.28. The Labute approximate surface area is 121 Å². The lowest BCUT2D eigenvalue weighted by Crippen LogP contribution is -2.33. The molecule has 0 amide bonds. The van der Waals surface area contributed by atoms with Gasteiger partial charge in [-0.1, -0.05) is 12.1 Å². The second-order valence-electron chi connectivity index (χ2n) is 5.22. The fraction of sp³-hybridized carbons (Fsp3) is 0.571. The van der Waals surface area contributed by atoms with Crippen molar-refractivity contribution < 1.29 is 13.5 Å². The van der Waals surface area contributed by atoms with Crippen molar-refractivity contribution in [3.63, 3.8) is 0 Å². The molecule has 0 radical (unpaired) electrons. The third-order valence-electron chi connectivity index (χ3n) is 3.18. The second kappa shape index (κ2) is 7.17. The molecule has 0 atom stereocenters. The predicted molar refractivity (Wildman–Crippen MR) is 79.9 cm³/mol. The SMILES string of the molecule is CC(C)N(CCO)Cc1cccc(S(=O)(=O)N(C)C)c1. The van der Waals surface area contributed by atoms with E-state index in [2.05, 4.69) is 18.7 Å². The highest BCUT2D eigenvalue weighted by atomic mass is 32.2. The van der Waals surface area contributed by atoms with Gasteiger partial charge in [-0.05, 0) is 31.5 Å². The fourth-order valence-corrected chi connectivity index (χ4v) is 2.87. The summed E-state index contributed by atoms with van der Waals surface area (Å²) in [6.07, 6.45) is 0. The van der Waals surface area contributed by atoms with Gasteiger partial charge in [-0.15, -0.1) is 0 Å². The van der Waals surface area contributed by atoms with Gasteiger partial charge in [0.1, 0.15) is 0 Å². The van der Waals surface area contributed by atoms with Crippen LogP contribution in [0.4, 0.5) is 0 Å². The van der Waals surface area contributed by atoms with E-state index in [-0.39, 0.29) is 12.6 Å². The Morgan fingerprint density at radius 3 is 2.40 bits per heavy atom. The molecule has 114 valence electrons. The van der Waals surface area contributed by atoms with Gasteiger partial charge in [0.25, 0.3) is 0 Å². The molecule has 0 aliphatic heterocycles. The summed E-state index contributed by atoms with van der Waals surface area (Å²) < 4.78 is 25.4. The van der Waals surface area contributed by atoms with Crippen molar-refractivity contribution in [3.05, 3.63) is 29.8 Å². The van der Waals surface area contributed by atoms with Crippen LogP contribution in [0.15, 0.2) is 29.2 Å². The van der Waals surface area contributed by atoms with E-state index >= 15 is 0 Å². The van der Waals surface area contributed by atoms with Gasteiger partial charge in [0.2, 0.25) is 10.0 Å². The smallest absolute Gasteiger partial charge is 0.242 e. The summed E-state index contributed by atoms with van der Waals surface area (Å²) in [5, 5.41) is 9.08. The Hall–Kier alpha value is -0.950. The molecule has 0 heterocycles. The molecule has 0 spiro atoms. The van der Waals surface area contributed by atoms with Crippen molar-refractivity contribution >= 4 is 10.0 Å². The molecule has 1 aromatic rings. The van der Waals surface area contributed by atoms with Crippen LogP contribution in [0.3, 0.4) is 0 Å². The Morgan fingerprint density at radius 2 is 1.90 bits per heavy atom. The molecule has 0 unspecified atom stereocenters. The first-order chi connectivity index (χ1) is 9.28. The molecule has 0 saturated carbocycles. The summed E-state index contributed by atoms with van der Waals surface area (Å²) >= 11 is 0. The molecule has 0 saturated heterocycles. The van der Waals surface area contributed by atoms with Crippen LogP contribution in [-0.2, 0) is 16.6 Å². The summed E-state index contributed by atoms with van der Waals surface area (Å²) in [6, 6.07) is 7.24. The summed E-state index contributed by atoms with van der Waals surface area (Å²) in [4.78, 5) is 2.40. The van der Waals surface area contributed by atoms with Crippen molar-refractivity contribution in [1.29, 1.82) is 0 Å². The minimum absolute atomic E-state index is 0.0911. The van der Waals surface area contributed by atoms with Crippen molar-refractivity contribution in [3.8, 4) is 0 Å². The van der Waals surface area contributed by atoms with Crippen molar-refractivity contribution in [2.75, 3.05) is 27.2 Å². The minimum Gasteiger partial charge on any atom is -0.395 e. The van der Waals surface area contributed by atoms with Gasteiger partial charge in [0.15, 0.2) is 0 Å². The normalized spacial score (nSPS) is 12.6. The number of aliphatic hydroxyl groups excluding tert-OH is 1. The zero-order valence-corrected chi connectivity index (χ0v) is 13.4. The first-order valence-corrected chi connectivity index (χ1v) is 8.09. The summed E-state index contributed by atoms with van der Waals surface area (Å²) in [5.41, 5.74) is 0.926. The van der Waals surface area contributed by atoms with Gasteiger partial charge >= 0.3 is 0 Å². The molecule has 0 fully saturated rings. The maximum Gasteiger partial charge on any atom is 0.242 e. The van der Waals surface area contributed by atoms with Gasteiger partial charge in [0.05, 0.1) is 11.5 Å². The predicted octanol–water partition coefficient (Wildman–Crippen LogP) is 1.14. The van der Waals surface area contributed by atoms with Crippen LogP contribution in [0.25, 0.3) is 0 Å². The van der Waals surface area contributed by atoms with E-state index < -0.39 is 10.0 Å². The molecule has 1 aromatic carbocycles. The maximum absolute atomic E-state index is 12.1. The topological polar surface area (TPSA) is 60.9 Å². The number of hydrogen-bond donors (Lipinski definition) is 1. The molecule has 1 N–H and O–H groups in total. The van der Waals surface area contributed by atoms with Crippen molar-refractivity contribution in [2.45, 2.75) is 31.3 Å². The largest absolute Gasteiger partial charge is 0.395 e. The third-order valence-corrected chi connectivity index (χ3v) is 4.99. The Bertz CT molecular complexity index is 527. The molecule has 5 nitrogen and oxygen atoms in total. The van der Waals surface area contributed by atoms with E-state index in [1.807, 2.05) is 6.07 Å². The lowest BCUT2D eigenvalue weighted by atomic mass is 10.2. The molecule has 0 bridgehead atoms. The number of benzene rings is 1. The minimum atomic E-state index is -3.40. The number of nitrogens with zero attached hydrogens (tertiary/aromatic N) is 2. The van der Waals surface area contributed by atoms with E-state index in [1.54, 1.807) is 18.2 Å². The average Bonchev–Trinajstić information content (AvgIpc) is 2.38. The van der Waals surface area contributed by atoms with Crippen LogP contribution in [0.1, 0.15) is 19.4 Å². The molecule has 0 aliphatic rings. The standard InChI is InChI=1S/C14H24N2O3S/c1-12(2)16(8-9-17)11-13-6-5-7-14(10-13)20(18,19)15(3)4/h5-7,10,12,17H,8-9,11H2,1-4H3. The average molecular weight is 300 g/mol. The van der Waals surface area contributed by atoms with E-state index in [9.17, 15) is 8.42 Å². The zero-order chi connectivity index (χ0) is 15.3. The van der Waals surface area contributed by atoms with E-state index in [4.69, 9.17) is 5.11 Å². The van der Waals surface area contributed by atoms with Gasteiger partial charge < -0.3 is 5.11 Å². The molecule has 20 heavy (non-hydrogen) atoms. The maximum atomic E-state index is 12.1. The van der Waals surface area contributed by atoms with Crippen LogP contribution in [0.2, 0.25) is 0 Å². The van der Waals surface area contributed by atoms with Crippen molar-refractivity contribution in [1.82, 2.24) is 9.21 Å². The van der Waals surface area contributed by atoms with Crippen LogP contribution >= 0.6 is 0 Å². The van der Waals surface area contributed by atoms with Crippen LogP contribution in [0, 0.1) is 0 Å². The summed E-state index contributed by atoms with van der Waals surface area (Å²) in [5.74, 6) is 0. The lowest BCUT2D eigenvalue weighted by Gasteiger charge is -2.25. The molecular formula is C14H24N2O3S. The molecule has 0 aromatic heterocycles. The highest BCUT2D eigenvalue weighted by Gasteiger charge is 2.18. The Balaban J connectivity index is 2.99. The summed E-state index contributed by atoms with van der Waals surface area (Å²) in [7, 11) is -0.358. The van der Waals surface area contributed by atoms with Crippen LogP contribution in [-0.4, -0.2) is 56.0 Å². The van der Waals surface area contributed by atoms with E-state index in [0.29, 0.717) is 18.0 Å². The first-order valence-electron chi connectivity index (χ1n) is 6.65. The lowest BCUT2D eigenvalue weighted by molar-refractivity contribution is 0.159. The highest BCUT2D eigenvalue weighted by Crippen LogP contribution is 2.16. The molecule has 0 aliphatic carbocycles. The van der Waals surface area contributed by atoms with Crippen LogP contribution in [0.5, 0.6) is 0 Å². The first kappa shape index (κ1) is 17.1. The second-order valence-corrected chi connectivity index (χ2v) is 7.37. The fourth-order valence-electron chi connectivity index (χ4n) is 1.90. The molecule has 6 heteroatoms. The summed E-state index contributed by atoms with van der Waals surface area (Å²) in [6.45, 7) is 5.39. The highest BCUT2D eigenvalue weighted by molar-refractivity contribution is 7.89. The number of hydrogen-bond acceptors (Lipinski definition) is 4. The van der Waals surface area contributed by atoms with Crippen molar-refractivity contribution in [2.24, 2.45) is 0 Å². The number of aliphatic hydroxyl groups is 1. The van der Waals surface area contributed by atoms with Gasteiger partial charge in [0, 0.05) is 33.2 Å².